The molecule has 2 atom stereocenters. The molecule has 478 valence electrons. The summed E-state index contributed by atoms with van der Waals surface area (Å²) < 4.78 is 22.7. The third-order valence-corrected chi connectivity index (χ3v) is 13.4. The maximum Gasteiger partial charge on any atom is 0.306 e. The first-order valence-electron chi connectivity index (χ1n) is 33.3. The van der Waals surface area contributed by atoms with E-state index in [1.165, 1.54) is 38.5 Å². The normalized spacial score (nSPS) is 13.8. The number of carbonyl (C=O) groups is 3. The lowest BCUT2D eigenvalue weighted by atomic mass is 10.1. The minimum absolute atomic E-state index is 0.132. The predicted octanol–water partition coefficient (Wildman–Crippen LogP) is 19.3. The average Bonchev–Trinajstić information content (AvgIpc) is 3.49. The highest BCUT2D eigenvalue weighted by atomic mass is 16.7. The van der Waals surface area contributed by atoms with Crippen molar-refractivity contribution in [2.45, 2.75) is 245 Å². The van der Waals surface area contributed by atoms with E-state index in [2.05, 4.69) is 184 Å². The van der Waals surface area contributed by atoms with Crippen LogP contribution in [0.2, 0.25) is 0 Å². The van der Waals surface area contributed by atoms with Gasteiger partial charge < -0.3 is 33.3 Å². The van der Waals surface area contributed by atoms with Crippen LogP contribution in [-0.4, -0.2) is 82.3 Å². The zero-order valence-electron chi connectivity index (χ0n) is 54.4. The van der Waals surface area contributed by atoms with E-state index in [-0.39, 0.29) is 38.6 Å². The van der Waals surface area contributed by atoms with Crippen molar-refractivity contribution in [3.05, 3.63) is 170 Å². The van der Waals surface area contributed by atoms with Gasteiger partial charge in [-0.05, 0) is 135 Å². The van der Waals surface area contributed by atoms with Crippen molar-refractivity contribution in [3.63, 3.8) is 0 Å². The molecular formula is C76H121NO8. The van der Waals surface area contributed by atoms with Gasteiger partial charge in [-0.1, -0.05) is 255 Å². The zero-order chi connectivity index (χ0) is 61.9. The molecule has 9 heteroatoms. The zero-order valence-corrected chi connectivity index (χ0v) is 54.4. The van der Waals surface area contributed by atoms with Crippen LogP contribution in [0, 0.1) is 0 Å². The molecule has 9 nitrogen and oxygen atoms in total. The van der Waals surface area contributed by atoms with Crippen molar-refractivity contribution in [3.8, 4) is 0 Å². The Kier molecular flexibility index (Phi) is 60.6. The Bertz CT molecular complexity index is 2000. The number of quaternary nitrogens is 1. The summed E-state index contributed by atoms with van der Waals surface area (Å²) in [6.07, 6.45) is 94.1. The van der Waals surface area contributed by atoms with E-state index in [1.54, 1.807) is 0 Å². The number of carbonyl (C=O) groups excluding carboxylic acids is 3. The van der Waals surface area contributed by atoms with Crippen LogP contribution < -0.4 is 5.11 Å². The smallest absolute Gasteiger partial charge is 0.306 e. The molecule has 0 aromatic carbocycles. The molecule has 0 aliphatic carbocycles. The highest BCUT2D eigenvalue weighted by molar-refractivity contribution is 5.70. The van der Waals surface area contributed by atoms with E-state index >= 15 is 0 Å². The summed E-state index contributed by atoms with van der Waals surface area (Å²) >= 11 is 0. The highest BCUT2D eigenvalue weighted by Crippen LogP contribution is 2.13. The Balaban J connectivity index is 4.28. The standard InChI is InChI=1S/C76H121NO8/c1-6-8-10-12-14-16-18-20-22-24-26-28-29-30-31-32-33-34-35-36-37-38-39-40-41-42-43-44-45-47-49-51-53-55-57-59-61-63-65-67-74(79)85-72(71-84-76(75(80)81)82-69-68-77(3,4)5)70-83-73(78)66-64-62-60-58-56-54-52-50-48-46-27-25-23-21-19-17-15-13-11-9-7-2/h8,10,14,16,19-22,25-28,30-31,33-34,36-37,39-40,42-43,45,47-48,50-51,53,72,76H,6-7,9,11-13,15,17-18,23-24,29,32,35,38,41,44,46,49,52,54-71H2,1-5H3/b10-8-,16-14-,21-19-,22-20-,27-25-,28-26-,31-30-,34-33-,37-36-,40-39-,43-42-,47-45-,50-48-,53-51-. The van der Waals surface area contributed by atoms with Gasteiger partial charge in [0.15, 0.2) is 12.4 Å². The second-order valence-corrected chi connectivity index (χ2v) is 22.7. The van der Waals surface area contributed by atoms with E-state index in [0.29, 0.717) is 23.9 Å². The molecule has 0 radical (unpaired) electrons. The molecule has 0 N–H and O–H groups in total. The summed E-state index contributed by atoms with van der Waals surface area (Å²) in [5.74, 6) is -2.35. The molecule has 0 aliphatic heterocycles. The number of carboxylic acids is 1. The lowest BCUT2D eigenvalue weighted by Crippen LogP contribution is -2.44. The van der Waals surface area contributed by atoms with E-state index in [0.717, 1.165) is 154 Å². The fourth-order valence-corrected chi connectivity index (χ4v) is 8.37. The monoisotopic (exact) mass is 1180 g/mol. The lowest BCUT2D eigenvalue weighted by molar-refractivity contribution is -0.870. The molecule has 0 aromatic rings. The Morgan fingerprint density at radius 1 is 0.365 bits per heavy atom. The summed E-state index contributed by atoms with van der Waals surface area (Å²) in [4.78, 5) is 37.4. The van der Waals surface area contributed by atoms with Crippen LogP contribution in [0.25, 0.3) is 0 Å². The van der Waals surface area contributed by atoms with Gasteiger partial charge in [0.2, 0.25) is 0 Å². The van der Waals surface area contributed by atoms with Crippen molar-refractivity contribution >= 4 is 17.9 Å². The molecule has 0 bridgehead atoms. The Hall–Kier alpha value is -5.35. The first-order chi connectivity index (χ1) is 41.6. The molecule has 0 rings (SSSR count). The predicted molar refractivity (Wildman–Crippen MR) is 361 cm³/mol. The molecule has 0 saturated carbocycles. The molecule has 0 spiro atoms. The third-order valence-electron chi connectivity index (χ3n) is 13.4. The van der Waals surface area contributed by atoms with Crippen molar-refractivity contribution in [1.29, 1.82) is 0 Å². The van der Waals surface area contributed by atoms with Crippen molar-refractivity contribution in [2.75, 3.05) is 47.5 Å². The molecule has 0 saturated heterocycles. The maximum absolute atomic E-state index is 12.9. The second-order valence-electron chi connectivity index (χ2n) is 22.7. The molecule has 0 fully saturated rings. The number of carboxylic acid groups (broad SMARTS) is 1. The van der Waals surface area contributed by atoms with Crippen LogP contribution in [0.1, 0.15) is 232 Å². The Labute approximate surface area is 520 Å². The number of hydrogen-bond donors (Lipinski definition) is 0. The molecule has 0 aliphatic rings. The van der Waals surface area contributed by atoms with Crippen molar-refractivity contribution in [1.82, 2.24) is 0 Å². The quantitative estimate of drug-likeness (QED) is 0.0195. The fourth-order valence-electron chi connectivity index (χ4n) is 8.37. The van der Waals surface area contributed by atoms with E-state index in [4.69, 9.17) is 18.9 Å². The number of esters is 2. The fraction of sp³-hybridized carbons (Fsp3) is 0.592. The maximum atomic E-state index is 12.9. The molecule has 2 unspecified atom stereocenters. The van der Waals surface area contributed by atoms with E-state index in [1.807, 2.05) is 21.1 Å². The number of hydrogen-bond acceptors (Lipinski definition) is 8. The van der Waals surface area contributed by atoms with Gasteiger partial charge in [-0.3, -0.25) is 9.59 Å². The topological polar surface area (TPSA) is 111 Å². The molecule has 0 amide bonds. The largest absolute Gasteiger partial charge is 0.545 e. The number of unbranched alkanes of at least 4 members (excludes halogenated alkanes) is 16. The van der Waals surface area contributed by atoms with Crippen molar-refractivity contribution < 1.29 is 42.9 Å². The highest BCUT2D eigenvalue weighted by Gasteiger charge is 2.22. The van der Waals surface area contributed by atoms with Crippen LogP contribution in [0.15, 0.2) is 170 Å². The lowest BCUT2D eigenvalue weighted by Gasteiger charge is -2.26. The number of rotatable bonds is 59. The van der Waals surface area contributed by atoms with Gasteiger partial charge in [-0.15, -0.1) is 0 Å². The number of nitrogens with zero attached hydrogens (tertiary/aromatic N) is 1. The number of allylic oxidation sites excluding steroid dienone is 28. The summed E-state index contributed by atoms with van der Waals surface area (Å²) in [6, 6.07) is 0. The molecular weight excluding hydrogens is 1050 g/mol. The van der Waals surface area contributed by atoms with E-state index in [9.17, 15) is 19.5 Å². The molecule has 85 heavy (non-hydrogen) atoms. The second kappa shape index (κ2) is 64.6. The van der Waals surface area contributed by atoms with Crippen LogP contribution in [0.5, 0.6) is 0 Å². The summed E-state index contributed by atoms with van der Waals surface area (Å²) in [6.45, 7) is 4.56. The number of ether oxygens (including phenoxy) is 4. The van der Waals surface area contributed by atoms with Crippen LogP contribution in [0.4, 0.5) is 0 Å². The van der Waals surface area contributed by atoms with Crippen LogP contribution in [0.3, 0.4) is 0 Å². The van der Waals surface area contributed by atoms with Gasteiger partial charge in [0.25, 0.3) is 0 Å². The Morgan fingerprint density at radius 2 is 0.671 bits per heavy atom. The minimum Gasteiger partial charge on any atom is -0.545 e. The summed E-state index contributed by atoms with van der Waals surface area (Å²) in [7, 11) is 5.90. The Morgan fingerprint density at radius 3 is 1.00 bits per heavy atom. The molecule has 0 aromatic heterocycles. The minimum atomic E-state index is -1.64. The van der Waals surface area contributed by atoms with Gasteiger partial charge >= 0.3 is 11.9 Å². The van der Waals surface area contributed by atoms with Crippen LogP contribution >= 0.6 is 0 Å². The van der Waals surface area contributed by atoms with Gasteiger partial charge in [0, 0.05) is 12.8 Å². The number of likely N-dealkylation sites (N-methyl/N-ethyl adjacent to an activating group) is 1. The number of aliphatic carboxylic acids is 1. The van der Waals surface area contributed by atoms with Gasteiger partial charge in [-0.2, -0.15) is 0 Å². The van der Waals surface area contributed by atoms with Gasteiger partial charge in [-0.25, -0.2) is 0 Å². The third kappa shape index (κ3) is 66.0. The van der Waals surface area contributed by atoms with E-state index < -0.39 is 24.3 Å². The average molecular weight is 1180 g/mol. The molecule has 0 heterocycles. The van der Waals surface area contributed by atoms with Crippen LogP contribution in [-0.2, 0) is 33.3 Å². The SMILES string of the molecule is CC/C=C\C/C=C\C/C=C\C/C=C\C/C=C\C/C=C\C/C=C\C/C=C\C/C=C\C/C=C\C/C=C\CCCCCCCC(=O)OC(COC(=O)CCCCCCCC/C=C\C/C=C\C/C=C\CCCCCCC)COC(OCC[N+](C)(C)C)C(=O)[O-]. The summed E-state index contributed by atoms with van der Waals surface area (Å²) in [5, 5.41) is 11.8. The van der Waals surface area contributed by atoms with Gasteiger partial charge in [0.05, 0.1) is 40.3 Å². The van der Waals surface area contributed by atoms with Crippen molar-refractivity contribution in [2.24, 2.45) is 0 Å². The summed E-state index contributed by atoms with van der Waals surface area (Å²) in [5.41, 5.74) is 0. The first kappa shape index (κ1) is 79.7. The first-order valence-corrected chi connectivity index (χ1v) is 33.3. The van der Waals surface area contributed by atoms with Gasteiger partial charge in [0.1, 0.15) is 13.2 Å².